The molecular formula is C14H14FNO2. The quantitative estimate of drug-likeness (QED) is 0.906. The van der Waals surface area contributed by atoms with Crippen LogP contribution < -0.4 is 4.74 Å². The number of hydrogen-bond acceptors (Lipinski definition) is 3. The summed E-state index contributed by atoms with van der Waals surface area (Å²) >= 11 is 0. The van der Waals surface area contributed by atoms with Gasteiger partial charge in [0.2, 0.25) is 0 Å². The number of nitrogens with zero attached hydrogens (tertiary/aromatic N) is 1. The van der Waals surface area contributed by atoms with Gasteiger partial charge in [0.25, 0.3) is 0 Å². The number of aromatic nitrogens is 1. The molecule has 0 radical (unpaired) electrons. The Kier molecular flexibility index (Phi) is 3.58. The second kappa shape index (κ2) is 5.14. The summed E-state index contributed by atoms with van der Waals surface area (Å²) < 4.78 is 18.7. The molecule has 1 unspecified atom stereocenters. The van der Waals surface area contributed by atoms with Crippen LogP contribution in [0.5, 0.6) is 5.75 Å². The predicted octanol–water partition coefficient (Wildman–Crippen LogP) is 2.62. The maximum Gasteiger partial charge on any atom is 0.147 e. The molecule has 4 heteroatoms. The maximum atomic E-state index is 13.5. The molecule has 94 valence electrons. The van der Waals surface area contributed by atoms with Gasteiger partial charge in [0.1, 0.15) is 17.7 Å². The fraction of sp³-hybridized carbons (Fsp3) is 0.214. The van der Waals surface area contributed by atoms with E-state index in [2.05, 4.69) is 4.98 Å². The smallest absolute Gasteiger partial charge is 0.147 e. The molecule has 0 amide bonds. The standard InChI is InChI=1S/C14H14FNO2/c1-9-7-10(3-4-13(9)18-2)14(17)11-5-6-16-8-12(11)15/h3-8,14,17H,1-2H3. The van der Waals surface area contributed by atoms with Gasteiger partial charge in [-0.15, -0.1) is 0 Å². The number of rotatable bonds is 3. The minimum Gasteiger partial charge on any atom is -0.496 e. The van der Waals surface area contributed by atoms with E-state index >= 15 is 0 Å². The first-order valence-corrected chi connectivity index (χ1v) is 5.55. The monoisotopic (exact) mass is 247 g/mol. The van der Waals surface area contributed by atoms with E-state index in [1.165, 1.54) is 12.3 Å². The summed E-state index contributed by atoms with van der Waals surface area (Å²) in [4.78, 5) is 3.66. The van der Waals surface area contributed by atoms with Gasteiger partial charge in [0.05, 0.1) is 13.3 Å². The fourth-order valence-corrected chi connectivity index (χ4v) is 1.86. The van der Waals surface area contributed by atoms with Gasteiger partial charge in [-0.1, -0.05) is 6.07 Å². The second-order valence-electron chi connectivity index (χ2n) is 4.03. The summed E-state index contributed by atoms with van der Waals surface area (Å²) in [6.45, 7) is 1.87. The van der Waals surface area contributed by atoms with Crippen LogP contribution in [0.4, 0.5) is 4.39 Å². The van der Waals surface area contributed by atoms with Crippen LogP contribution in [-0.4, -0.2) is 17.2 Å². The molecule has 0 aliphatic rings. The molecule has 1 aromatic heterocycles. The summed E-state index contributed by atoms with van der Waals surface area (Å²) in [5.41, 5.74) is 1.73. The fourth-order valence-electron chi connectivity index (χ4n) is 1.86. The van der Waals surface area contributed by atoms with Gasteiger partial charge in [-0.3, -0.25) is 4.98 Å². The Labute approximate surface area is 105 Å². The Morgan fingerprint density at radius 2 is 2.11 bits per heavy atom. The summed E-state index contributed by atoms with van der Waals surface area (Å²) in [5.74, 6) is 0.222. The van der Waals surface area contributed by atoms with Crippen molar-refractivity contribution in [2.24, 2.45) is 0 Å². The van der Waals surface area contributed by atoms with Gasteiger partial charge in [-0.05, 0) is 36.2 Å². The largest absolute Gasteiger partial charge is 0.496 e. The first kappa shape index (κ1) is 12.5. The Balaban J connectivity index is 2.37. The average Bonchev–Trinajstić information content (AvgIpc) is 2.38. The van der Waals surface area contributed by atoms with Crippen molar-refractivity contribution < 1.29 is 14.2 Å². The molecule has 0 aliphatic carbocycles. The lowest BCUT2D eigenvalue weighted by molar-refractivity contribution is 0.214. The van der Waals surface area contributed by atoms with Gasteiger partial charge in [0, 0.05) is 11.8 Å². The highest BCUT2D eigenvalue weighted by Crippen LogP contribution is 2.27. The van der Waals surface area contributed by atoms with Crippen molar-refractivity contribution in [3.8, 4) is 5.75 Å². The third-order valence-corrected chi connectivity index (χ3v) is 2.83. The molecule has 1 heterocycles. The molecule has 3 nitrogen and oxygen atoms in total. The molecule has 0 saturated carbocycles. The van der Waals surface area contributed by atoms with Crippen LogP contribution >= 0.6 is 0 Å². The number of hydrogen-bond donors (Lipinski definition) is 1. The van der Waals surface area contributed by atoms with E-state index in [1.807, 2.05) is 6.92 Å². The Morgan fingerprint density at radius 1 is 1.33 bits per heavy atom. The minimum atomic E-state index is -1.00. The lowest BCUT2D eigenvalue weighted by Crippen LogP contribution is -2.03. The van der Waals surface area contributed by atoms with Crippen molar-refractivity contribution in [1.82, 2.24) is 4.98 Å². The highest BCUT2D eigenvalue weighted by atomic mass is 19.1. The maximum absolute atomic E-state index is 13.5. The van der Waals surface area contributed by atoms with Crippen molar-refractivity contribution in [3.05, 3.63) is 59.2 Å². The minimum absolute atomic E-state index is 0.217. The van der Waals surface area contributed by atoms with E-state index in [0.717, 1.165) is 17.5 Å². The van der Waals surface area contributed by atoms with E-state index in [0.29, 0.717) is 5.56 Å². The topological polar surface area (TPSA) is 42.4 Å². The van der Waals surface area contributed by atoms with Gasteiger partial charge in [-0.2, -0.15) is 0 Å². The third-order valence-electron chi connectivity index (χ3n) is 2.83. The molecule has 2 rings (SSSR count). The van der Waals surface area contributed by atoms with Crippen molar-refractivity contribution in [2.45, 2.75) is 13.0 Å². The molecule has 0 aliphatic heterocycles. The number of methoxy groups -OCH3 is 1. The van der Waals surface area contributed by atoms with E-state index in [-0.39, 0.29) is 5.56 Å². The Bertz CT molecular complexity index is 557. The number of halogens is 1. The van der Waals surface area contributed by atoms with Crippen molar-refractivity contribution in [1.29, 1.82) is 0 Å². The second-order valence-corrected chi connectivity index (χ2v) is 4.03. The first-order valence-electron chi connectivity index (χ1n) is 5.55. The number of pyridine rings is 1. The molecule has 1 aromatic carbocycles. The van der Waals surface area contributed by atoms with Crippen LogP contribution in [0.1, 0.15) is 22.8 Å². The molecule has 1 atom stereocenters. The zero-order chi connectivity index (χ0) is 13.1. The number of ether oxygens (including phenoxy) is 1. The van der Waals surface area contributed by atoms with Crippen molar-refractivity contribution in [2.75, 3.05) is 7.11 Å². The van der Waals surface area contributed by atoms with Crippen LogP contribution in [0.25, 0.3) is 0 Å². The molecule has 2 aromatic rings. The third kappa shape index (κ3) is 2.33. The van der Waals surface area contributed by atoms with Crippen LogP contribution in [0.3, 0.4) is 0 Å². The lowest BCUT2D eigenvalue weighted by Gasteiger charge is -2.14. The van der Waals surface area contributed by atoms with Gasteiger partial charge < -0.3 is 9.84 Å². The van der Waals surface area contributed by atoms with Gasteiger partial charge in [0.15, 0.2) is 0 Å². The van der Waals surface area contributed by atoms with E-state index in [1.54, 1.807) is 25.3 Å². The zero-order valence-corrected chi connectivity index (χ0v) is 10.2. The first-order chi connectivity index (χ1) is 8.63. The highest BCUT2D eigenvalue weighted by molar-refractivity contribution is 5.39. The molecule has 0 saturated heterocycles. The molecule has 0 fully saturated rings. The van der Waals surface area contributed by atoms with E-state index < -0.39 is 11.9 Å². The number of aryl methyl sites for hydroxylation is 1. The van der Waals surface area contributed by atoms with E-state index in [4.69, 9.17) is 4.74 Å². The van der Waals surface area contributed by atoms with Crippen LogP contribution in [0, 0.1) is 12.7 Å². The summed E-state index contributed by atoms with van der Waals surface area (Å²) in [6, 6.07) is 6.73. The predicted molar refractivity (Wildman–Crippen MR) is 66.0 cm³/mol. The van der Waals surface area contributed by atoms with Crippen molar-refractivity contribution >= 4 is 0 Å². The molecule has 0 bridgehead atoms. The van der Waals surface area contributed by atoms with Crippen LogP contribution in [0.15, 0.2) is 36.7 Å². The van der Waals surface area contributed by atoms with Gasteiger partial charge >= 0.3 is 0 Å². The Morgan fingerprint density at radius 3 is 2.72 bits per heavy atom. The average molecular weight is 247 g/mol. The normalized spacial score (nSPS) is 12.2. The summed E-state index contributed by atoms with van der Waals surface area (Å²) in [6.07, 6.45) is 1.55. The van der Waals surface area contributed by atoms with E-state index in [9.17, 15) is 9.50 Å². The summed E-state index contributed by atoms with van der Waals surface area (Å²) in [7, 11) is 1.58. The Hall–Kier alpha value is -1.94. The zero-order valence-electron chi connectivity index (χ0n) is 10.2. The molecule has 1 N–H and O–H groups in total. The lowest BCUT2D eigenvalue weighted by atomic mass is 10.00. The highest BCUT2D eigenvalue weighted by Gasteiger charge is 2.15. The number of benzene rings is 1. The number of aliphatic hydroxyl groups is 1. The van der Waals surface area contributed by atoms with Crippen LogP contribution in [0.2, 0.25) is 0 Å². The molecular weight excluding hydrogens is 233 g/mol. The SMILES string of the molecule is COc1ccc(C(O)c2ccncc2F)cc1C. The summed E-state index contributed by atoms with van der Waals surface area (Å²) in [5, 5.41) is 10.2. The van der Waals surface area contributed by atoms with Crippen molar-refractivity contribution in [3.63, 3.8) is 0 Å². The van der Waals surface area contributed by atoms with Crippen LogP contribution in [-0.2, 0) is 0 Å². The van der Waals surface area contributed by atoms with Gasteiger partial charge in [-0.25, -0.2) is 4.39 Å². The molecule has 18 heavy (non-hydrogen) atoms. The molecule has 0 spiro atoms. The number of aliphatic hydroxyl groups excluding tert-OH is 1.